The van der Waals surface area contributed by atoms with Gasteiger partial charge in [0.1, 0.15) is 30.0 Å². The number of hydroxylamine groups is 1. The van der Waals surface area contributed by atoms with E-state index in [1.165, 1.54) is 6.92 Å². The Morgan fingerprint density at radius 3 is 1.94 bits per heavy atom. The number of aliphatic carboxylic acids is 1. The van der Waals surface area contributed by atoms with Gasteiger partial charge in [-0.2, -0.15) is 25.3 Å². The Hall–Kier alpha value is -1.95. The molecule has 5 atom stereocenters. The van der Waals surface area contributed by atoms with Crippen molar-refractivity contribution in [2.24, 2.45) is 5.92 Å². The van der Waals surface area contributed by atoms with E-state index in [2.05, 4.69) is 13.2 Å². The molecule has 5 N–H and O–H groups in total. The second kappa shape index (κ2) is 11.7. The van der Waals surface area contributed by atoms with Crippen molar-refractivity contribution in [1.82, 2.24) is 5.48 Å². The van der Waals surface area contributed by atoms with Gasteiger partial charge < -0.3 is 14.6 Å². The normalized spacial score (nSPS) is 26.6. The van der Waals surface area contributed by atoms with Crippen LogP contribution in [0.1, 0.15) is 13.3 Å². The Morgan fingerprint density at radius 1 is 1.00 bits per heavy atom. The number of hydrogen-bond acceptors (Lipinski definition) is 13. The van der Waals surface area contributed by atoms with Gasteiger partial charge in [0.15, 0.2) is 0 Å². The van der Waals surface area contributed by atoms with Crippen LogP contribution >= 0.6 is 0 Å². The van der Waals surface area contributed by atoms with Crippen LogP contribution in [0.15, 0.2) is 11.8 Å². The van der Waals surface area contributed by atoms with Crippen molar-refractivity contribution in [1.29, 1.82) is 0 Å². The van der Waals surface area contributed by atoms with Crippen LogP contribution in [0.3, 0.4) is 0 Å². The zero-order valence-electron chi connectivity index (χ0n) is 17.2. The molecule has 1 rings (SSSR count). The molecule has 0 aliphatic carbocycles. The molecule has 0 saturated carbocycles. The summed E-state index contributed by atoms with van der Waals surface area (Å²) in [6.07, 6.45) is -8.98. The Balaban J connectivity index is 3.71. The van der Waals surface area contributed by atoms with Gasteiger partial charge in [-0.05, 0) is 6.42 Å². The van der Waals surface area contributed by atoms with Crippen molar-refractivity contribution in [3.63, 3.8) is 0 Å². The van der Waals surface area contributed by atoms with Crippen LogP contribution in [0.2, 0.25) is 0 Å². The van der Waals surface area contributed by atoms with Gasteiger partial charge in [0.25, 0.3) is 16.0 Å². The maximum absolute atomic E-state index is 12.5. The molecule has 1 heterocycles. The third kappa shape index (κ3) is 9.73. The molecule has 4 unspecified atom stereocenters. The first-order valence-corrected chi connectivity index (χ1v) is 13.0. The molecule has 21 heteroatoms. The van der Waals surface area contributed by atoms with Crippen molar-refractivity contribution in [2.45, 2.75) is 37.9 Å². The van der Waals surface area contributed by atoms with E-state index in [1.807, 2.05) is 0 Å². The first-order chi connectivity index (χ1) is 15.4. The molecule has 1 fully saturated rings. The highest BCUT2D eigenvalue weighted by Gasteiger charge is 2.55. The van der Waals surface area contributed by atoms with Crippen molar-refractivity contribution in [2.75, 3.05) is 12.9 Å². The predicted molar refractivity (Wildman–Crippen MR) is 104 cm³/mol. The fourth-order valence-electron chi connectivity index (χ4n) is 2.75. The van der Waals surface area contributed by atoms with Gasteiger partial charge in [0.2, 0.25) is 6.29 Å². The lowest BCUT2D eigenvalue weighted by Crippen LogP contribution is -2.62. The summed E-state index contributed by atoms with van der Waals surface area (Å²) in [4.78, 5) is 28.1. The highest BCUT2D eigenvalue weighted by molar-refractivity contribution is 7.85. The number of nitrogens with one attached hydrogen (secondary N) is 1. The number of ether oxygens (including phenoxy) is 2. The molecule has 1 aliphatic rings. The van der Waals surface area contributed by atoms with Gasteiger partial charge in [0, 0.05) is 0 Å². The molecule has 1 saturated heterocycles. The molecule has 18 nitrogen and oxygen atoms in total. The summed E-state index contributed by atoms with van der Waals surface area (Å²) in [6.45, 7) is 1.39. The second-order valence-electron chi connectivity index (χ2n) is 6.40. The average Bonchev–Trinajstić information content (AvgIpc) is 2.61. The summed E-state index contributed by atoms with van der Waals surface area (Å²) >= 11 is 0. The fraction of sp³-hybridized carbons (Fsp3) is 0.692. The van der Waals surface area contributed by atoms with Crippen LogP contribution in [-0.2, 0) is 63.2 Å². The maximum Gasteiger partial charge on any atom is 0.397 e. The summed E-state index contributed by atoms with van der Waals surface area (Å²) < 4.78 is 114. The molecule has 0 radical (unpaired) electrons. The standard InChI is InChI=1S/C13H21NO17S3/c1-3-6(12(16)17)4-28-13-8(11(15)14-27-2)10(31-34(24,25)26)9(30-33(21,22)23)7(29-13)5-32(18,19)20/h4,7-10,13H,3,5H2,1-2H3,(H,14,15)(H,16,17)(H,18,19,20)(H,21,22,23)(H,24,25,26)/t7?,8?,9?,10?,13-/m0/s1. The van der Waals surface area contributed by atoms with Crippen LogP contribution in [0, 0.1) is 5.92 Å². The zero-order chi connectivity index (χ0) is 26.5. The largest absolute Gasteiger partial charge is 0.478 e. The summed E-state index contributed by atoms with van der Waals surface area (Å²) in [6, 6.07) is 0. The number of amides is 1. The molecule has 0 spiro atoms. The topological polar surface area (TPSA) is 276 Å². The van der Waals surface area contributed by atoms with E-state index in [-0.39, 0.29) is 6.42 Å². The summed E-state index contributed by atoms with van der Waals surface area (Å²) in [5, 5.41) is 9.09. The van der Waals surface area contributed by atoms with Crippen molar-refractivity contribution >= 4 is 42.8 Å². The minimum atomic E-state index is -5.54. The lowest BCUT2D eigenvalue weighted by Gasteiger charge is -2.42. The lowest BCUT2D eigenvalue weighted by atomic mass is 9.90. The van der Waals surface area contributed by atoms with E-state index in [1.54, 1.807) is 5.48 Å². The second-order valence-corrected chi connectivity index (χ2v) is 10.00. The third-order valence-electron chi connectivity index (χ3n) is 3.99. The highest BCUT2D eigenvalue weighted by Crippen LogP contribution is 2.34. The Bertz CT molecular complexity index is 1100. The number of carboxylic acid groups (broad SMARTS) is 1. The predicted octanol–water partition coefficient (Wildman–Crippen LogP) is -2.34. The summed E-state index contributed by atoms with van der Waals surface area (Å²) in [5.74, 6) is -6.57. The van der Waals surface area contributed by atoms with Gasteiger partial charge >= 0.3 is 26.8 Å². The van der Waals surface area contributed by atoms with E-state index in [4.69, 9.17) is 28.2 Å². The van der Waals surface area contributed by atoms with Gasteiger partial charge in [0.05, 0.1) is 18.9 Å². The Labute approximate surface area is 193 Å². The van der Waals surface area contributed by atoms with E-state index >= 15 is 0 Å². The van der Waals surface area contributed by atoms with Crippen molar-refractivity contribution in [3.05, 3.63) is 11.8 Å². The first-order valence-electron chi connectivity index (χ1n) is 8.71. The maximum atomic E-state index is 12.5. The quantitative estimate of drug-likeness (QED) is 0.0725. The summed E-state index contributed by atoms with van der Waals surface area (Å²) in [7, 11) is -15.2. The number of rotatable bonds is 12. The van der Waals surface area contributed by atoms with Crippen LogP contribution in [0.4, 0.5) is 0 Å². The lowest BCUT2D eigenvalue weighted by molar-refractivity contribution is -0.248. The number of hydrogen-bond donors (Lipinski definition) is 5. The molecule has 1 amide bonds. The summed E-state index contributed by atoms with van der Waals surface area (Å²) in [5.41, 5.74) is 1.29. The van der Waals surface area contributed by atoms with Crippen molar-refractivity contribution in [3.8, 4) is 0 Å². The van der Waals surface area contributed by atoms with E-state index < -0.39 is 84.6 Å². The number of carbonyl (C=O) groups excluding carboxylic acids is 1. The number of carboxylic acids is 1. The van der Waals surface area contributed by atoms with Crippen LogP contribution in [-0.4, -0.2) is 93.4 Å². The van der Waals surface area contributed by atoms with Gasteiger partial charge in [-0.1, -0.05) is 6.92 Å². The van der Waals surface area contributed by atoms with Gasteiger partial charge in [-0.3, -0.25) is 23.3 Å². The molecule has 34 heavy (non-hydrogen) atoms. The average molecular weight is 560 g/mol. The molecule has 1 aliphatic heterocycles. The Kier molecular flexibility index (Phi) is 10.3. The van der Waals surface area contributed by atoms with Crippen LogP contribution in [0.5, 0.6) is 0 Å². The van der Waals surface area contributed by atoms with Crippen LogP contribution < -0.4 is 5.48 Å². The SMILES string of the molecule is CCC(=CO[C@H]1OC(CS(=O)(=O)O)C(OS(=O)(=O)O)C(OS(=O)(=O)O)C1C(=O)NOC)C(=O)O. The number of carbonyl (C=O) groups is 2. The highest BCUT2D eigenvalue weighted by atomic mass is 32.3. The smallest absolute Gasteiger partial charge is 0.397 e. The van der Waals surface area contributed by atoms with E-state index in [0.29, 0.717) is 6.26 Å². The minimum absolute atomic E-state index is 0.134. The molecule has 0 aromatic heterocycles. The first kappa shape index (κ1) is 30.1. The monoisotopic (exact) mass is 559 g/mol. The van der Waals surface area contributed by atoms with E-state index in [9.17, 15) is 34.8 Å². The van der Waals surface area contributed by atoms with Crippen LogP contribution in [0.25, 0.3) is 0 Å². The zero-order valence-corrected chi connectivity index (χ0v) is 19.6. The molecule has 198 valence electrons. The van der Waals surface area contributed by atoms with Crippen molar-refractivity contribution < 1.29 is 76.3 Å². The van der Waals surface area contributed by atoms with Gasteiger partial charge in [-0.15, -0.1) is 0 Å². The molecular weight excluding hydrogens is 538 g/mol. The molecular formula is C13H21NO17S3. The molecule has 0 aromatic carbocycles. The van der Waals surface area contributed by atoms with E-state index in [0.717, 1.165) is 7.11 Å². The fourth-order valence-corrected chi connectivity index (χ4v) is 4.46. The molecule has 0 aromatic rings. The third-order valence-corrected chi connectivity index (χ3v) is 5.67. The molecule has 0 bridgehead atoms. The Morgan fingerprint density at radius 2 is 1.53 bits per heavy atom. The minimum Gasteiger partial charge on any atom is -0.478 e. The van der Waals surface area contributed by atoms with Gasteiger partial charge in [-0.25, -0.2) is 18.6 Å².